The first-order valence-electron chi connectivity index (χ1n) is 7.47. The van der Waals surface area contributed by atoms with Crippen LogP contribution in [-0.2, 0) is 12.7 Å². The molecule has 0 bridgehead atoms. The SMILES string of the molecule is CN=C(NCc1nc(C(F)(F)F)cs1)NCC(c1cccs1)N(C)C.I. The molecule has 11 heteroatoms. The van der Waals surface area contributed by atoms with Gasteiger partial charge in [0.15, 0.2) is 11.7 Å². The fraction of sp³-hybridized carbons (Fsp3) is 0.467. The molecule has 26 heavy (non-hydrogen) atoms. The summed E-state index contributed by atoms with van der Waals surface area (Å²) >= 11 is 2.65. The van der Waals surface area contributed by atoms with Crippen LogP contribution in [0.3, 0.4) is 0 Å². The molecule has 0 saturated heterocycles. The molecular formula is C15H21F3IN5S2. The largest absolute Gasteiger partial charge is 0.434 e. The second kappa shape index (κ2) is 10.4. The lowest BCUT2D eigenvalue weighted by Crippen LogP contribution is -2.41. The second-order valence-electron chi connectivity index (χ2n) is 5.43. The van der Waals surface area contributed by atoms with Crippen molar-refractivity contribution in [2.24, 2.45) is 4.99 Å². The Kier molecular flexibility index (Phi) is 9.27. The summed E-state index contributed by atoms with van der Waals surface area (Å²) < 4.78 is 37.7. The van der Waals surface area contributed by atoms with E-state index in [0.717, 1.165) is 16.7 Å². The summed E-state index contributed by atoms with van der Waals surface area (Å²) in [6.07, 6.45) is -4.41. The summed E-state index contributed by atoms with van der Waals surface area (Å²) in [6, 6.07) is 4.25. The number of alkyl halides is 3. The Balaban J connectivity index is 0.00000338. The lowest BCUT2D eigenvalue weighted by molar-refractivity contribution is -0.140. The van der Waals surface area contributed by atoms with Gasteiger partial charge in [0, 0.05) is 23.8 Å². The van der Waals surface area contributed by atoms with Gasteiger partial charge in [0.2, 0.25) is 0 Å². The van der Waals surface area contributed by atoms with Gasteiger partial charge in [-0.1, -0.05) is 6.07 Å². The van der Waals surface area contributed by atoms with Crippen LogP contribution in [0.25, 0.3) is 0 Å². The monoisotopic (exact) mass is 519 g/mol. The Morgan fingerprint density at radius 1 is 1.31 bits per heavy atom. The van der Waals surface area contributed by atoms with Gasteiger partial charge in [-0.25, -0.2) is 4.98 Å². The van der Waals surface area contributed by atoms with E-state index in [-0.39, 0.29) is 36.6 Å². The third-order valence-electron chi connectivity index (χ3n) is 3.43. The van der Waals surface area contributed by atoms with E-state index in [1.165, 1.54) is 4.88 Å². The predicted octanol–water partition coefficient (Wildman–Crippen LogP) is 3.81. The van der Waals surface area contributed by atoms with Crippen LogP contribution >= 0.6 is 46.7 Å². The van der Waals surface area contributed by atoms with E-state index in [1.807, 2.05) is 25.5 Å². The quantitative estimate of drug-likeness (QED) is 0.347. The van der Waals surface area contributed by atoms with E-state index in [4.69, 9.17) is 0 Å². The highest BCUT2D eigenvalue weighted by molar-refractivity contribution is 14.0. The Morgan fingerprint density at radius 3 is 2.54 bits per heavy atom. The Hall–Kier alpha value is -0.920. The van der Waals surface area contributed by atoms with Gasteiger partial charge in [0.25, 0.3) is 0 Å². The number of nitrogens with zero attached hydrogens (tertiary/aromatic N) is 3. The fourth-order valence-corrected chi connectivity index (χ4v) is 3.78. The van der Waals surface area contributed by atoms with Gasteiger partial charge in [0.1, 0.15) is 5.01 Å². The average molecular weight is 519 g/mol. The number of hydrogen-bond acceptors (Lipinski definition) is 5. The fourth-order valence-electron chi connectivity index (χ4n) is 2.11. The zero-order valence-electron chi connectivity index (χ0n) is 14.5. The zero-order valence-corrected chi connectivity index (χ0v) is 18.5. The molecule has 0 saturated carbocycles. The number of rotatable bonds is 6. The molecule has 2 aromatic heterocycles. The summed E-state index contributed by atoms with van der Waals surface area (Å²) in [4.78, 5) is 11.0. The van der Waals surface area contributed by atoms with Crippen molar-refractivity contribution in [2.75, 3.05) is 27.7 Å². The molecule has 146 valence electrons. The number of hydrogen-bond donors (Lipinski definition) is 2. The number of thiazole rings is 1. The highest BCUT2D eigenvalue weighted by Gasteiger charge is 2.33. The smallest absolute Gasteiger partial charge is 0.354 e. The van der Waals surface area contributed by atoms with E-state index in [9.17, 15) is 13.2 Å². The minimum absolute atomic E-state index is 0. The number of thiophene rings is 1. The van der Waals surface area contributed by atoms with Crippen molar-refractivity contribution < 1.29 is 13.2 Å². The second-order valence-corrected chi connectivity index (χ2v) is 7.35. The van der Waals surface area contributed by atoms with Crippen LogP contribution in [0, 0.1) is 0 Å². The van der Waals surface area contributed by atoms with Crippen LogP contribution in [0.5, 0.6) is 0 Å². The molecule has 0 aromatic carbocycles. The standard InChI is InChI=1S/C15H20F3N5S2.HI/c1-19-14(20-7-10(23(2)3)11-5-4-6-24-11)21-8-13-22-12(9-25-13)15(16,17)18;/h4-6,9-10H,7-8H2,1-3H3,(H2,19,20,21);1H. The number of halogens is 4. The molecule has 0 aliphatic rings. The van der Waals surface area contributed by atoms with Gasteiger partial charge in [-0.15, -0.1) is 46.7 Å². The van der Waals surface area contributed by atoms with Crippen LogP contribution < -0.4 is 10.6 Å². The maximum absolute atomic E-state index is 12.6. The van der Waals surface area contributed by atoms with Crippen LogP contribution in [0.1, 0.15) is 21.6 Å². The molecule has 5 nitrogen and oxygen atoms in total. The van der Waals surface area contributed by atoms with Crippen LogP contribution in [0.15, 0.2) is 27.9 Å². The van der Waals surface area contributed by atoms with Crippen molar-refractivity contribution in [1.82, 2.24) is 20.5 Å². The molecule has 2 heterocycles. The summed E-state index contributed by atoms with van der Waals surface area (Å²) in [5, 5.41) is 9.61. The predicted molar refractivity (Wildman–Crippen MR) is 111 cm³/mol. The highest BCUT2D eigenvalue weighted by Crippen LogP contribution is 2.29. The third-order valence-corrected chi connectivity index (χ3v) is 5.25. The van der Waals surface area contributed by atoms with E-state index < -0.39 is 11.9 Å². The van der Waals surface area contributed by atoms with Crippen molar-refractivity contribution in [3.63, 3.8) is 0 Å². The Morgan fingerprint density at radius 2 is 2.04 bits per heavy atom. The van der Waals surface area contributed by atoms with Crippen LogP contribution in [0.2, 0.25) is 0 Å². The summed E-state index contributed by atoms with van der Waals surface area (Å²) in [6.45, 7) is 0.810. The van der Waals surface area contributed by atoms with Gasteiger partial charge in [-0.05, 0) is 25.5 Å². The lowest BCUT2D eigenvalue weighted by atomic mass is 10.2. The maximum atomic E-state index is 12.6. The molecule has 2 rings (SSSR count). The zero-order chi connectivity index (χ0) is 18.4. The minimum Gasteiger partial charge on any atom is -0.354 e. The van der Waals surface area contributed by atoms with Gasteiger partial charge >= 0.3 is 6.18 Å². The number of aromatic nitrogens is 1. The molecule has 0 amide bonds. The molecule has 0 radical (unpaired) electrons. The molecule has 2 N–H and O–H groups in total. The number of likely N-dealkylation sites (N-methyl/N-ethyl adjacent to an activating group) is 1. The molecule has 0 aliphatic heterocycles. The number of nitrogens with one attached hydrogen (secondary N) is 2. The van der Waals surface area contributed by atoms with Crippen molar-refractivity contribution in [3.05, 3.63) is 38.5 Å². The van der Waals surface area contributed by atoms with Crippen molar-refractivity contribution in [2.45, 2.75) is 18.8 Å². The molecule has 1 atom stereocenters. The third kappa shape index (κ3) is 6.67. The van der Waals surface area contributed by atoms with Crippen LogP contribution in [0.4, 0.5) is 13.2 Å². The van der Waals surface area contributed by atoms with E-state index in [1.54, 1.807) is 18.4 Å². The first kappa shape index (κ1) is 23.1. The van der Waals surface area contributed by atoms with Crippen LogP contribution in [-0.4, -0.2) is 43.5 Å². The van der Waals surface area contributed by atoms with Crippen molar-refractivity contribution in [3.8, 4) is 0 Å². The van der Waals surface area contributed by atoms with Crippen molar-refractivity contribution >= 4 is 52.6 Å². The van der Waals surface area contributed by atoms with Gasteiger partial charge in [0.05, 0.1) is 12.6 Å². The van der Waals surface area contributed by atoms with Gasteiger partial charge in [-0.2, -0.15) is 13.2 Å². The van der Waals surface area contributed by atoms with E-state index in [2.05, 4.69) is 31.6 Å². The molecule has 0 spiro atoms. The highest BCUT2D eigenvalue weighted by atomic mass is 127. The van der Waals surface area contributed by atoms with Gasteiger partial charge in [-0.3, -0.25) is 4.99 Å². The normalized spacial score (nSPS) is 13.4. The van der Waals surface area contributed by atoms with E-state index >= 15 is 0 Å². The Labute approximate surface area is 175 Å². The average Bonchev–Trinajstić information content (AvgIpc) is 3.21. The molecule has 2 aromatic rings. The molecule has 1 unspecified atom stereocenters. The summed E-state index contributed by atoms with van der Waals surface area (Å²) in [5.74, 6) is 0.521. The topological polar surface area (TPSA) is 52.6 Å². The van der Waals surface area contributed by atoms with Gasteiger partial charge < -0.3 is 15.5 Å². The first-order valence-corrected chi connectivity index (χ1v) is 9.23. The maximum Gasteiger partial charge on any atom is 0.434 e. The Bertz CT molecular complexity index is 686. The molecule has 0 fully saturated rings. The summed E-state index contributed by atoms with van der Waals surface area (Å²) in [7, 11) is 5.61. The first-order chi connectivity index (χ1) is 11.8. The molecular weight excluding hydrogens is 498 g/mol. The van der Waals surface area contributed by atoms with E-state index in [0.29, 0.717) is 17.5 Å². The summed E-state index contributed by atoms with van der Waals surface area (Å²) in [5.41, 5.74) is -0.859. The number of aliphatic imine (C=N–C) groups is 1. The molecule has 0 aliphatic carbocycles. The lowest BCUT2D eigenvalue weighted by Gasteiger charge is -2.24. The van der Waals surface area contributed by atoms with Crippen molar-refractivity contribution in [1.29, 1.82) is 0 Å². The number of guanidine groups is 1. The minimum atomic E-state index is -4.41.